The number of carbonyl (C=O) groups is 2. The number of pyridine rings is 1. The van der Waals surface area contributed by atoms with Crippen LogP contribution in [0.15, 0.2) is 36.5 Å². The van der Waals surface area contributed by atoms with E-state index in [0.29, 0.717) is 50.5 Å². The second-order valence-electron chi connectivity index (χ2n) is 10.3. The molecule has 0 bridgehead atoms. The fourth-order valence-electron chi connectivity index (χ4n) is 4.85. The zero-order chi connectivity index (χ0) is 27.9. The van der Waals surface area contributed by atoms with Crippen LogP contribution in [0.25, 0.3) is 0 Å². The van der Waals surface area contributed by atoms with Gasteiger partial charge in [0.15, 0.2) is 0 Å². The molecule has 0 spiro atoms. The van der Waals surface area contributed by atoms with Gasteiger partial charge in [-0.1, -0.05) is 24.8 Å². The average molecular weight is 536 g/mol. The number of hydrogen-bond acceptors (Lipinski definition) is 7. The topological polar surface area (TPSA) is 101 Å². The molecule has 0 aliphatic carbocycles. The number of aromatic nitrogens is 1. The molecule has 9 nitrogen and oxygen atoms in total. The summed E-state index contributed by atoms with van der Waals surface area (Å²) in [5.41, 5.74) is 1.61. The SMILES string of the molecule is COc1cccc(C#Cc2cnc3c(c2)C(=O)N([C@H](C)CO)C[C@H](C)[C@@H](CN(C)C(=O)C2CCOCC2)O3)c1. The minimum absolute atomic E-state index is 0.0591. The van der Waals surface area contributed by atoms with E-state index in [9.17, 15) is 14.7 Å². The van der Waals surface area contributed by atoms with Crippen molar-refractivity contribution in [1.82, 2.24) is 14.8 Å². The summed E-state index contributed by atoms with van der Waals surface area (Å²) < 4.78 is 17.0. The fourth-order valence-corrected chi connectivity index (χ4v) is 4.85. The van der Waals surface area contributed by atoms with Gasteiger partial charge in [-0.25, -0.2) is 4.98 Å². The van der Waals surface area contributed by atoms with E-state index in [-0.39, 0.29) is 41.7 Å². The second kappa shape index (κ2) is 13.0. The number of rotatable bonds is 6. The molecule has 4 rings (SSSR count). The monoisotopic (exact) mass is 535 g/mol. The maximum Gasteiger partial charge on any atom is 0.259 e. The van der Waals surface area contributed by atoms with Crippen molar-refractivity contribution in [2.75, 3.05) is 47.1 Å². The third-order valence-electron chi connectivity index (χ3n) is 7.34. The summed E-state index contributed by atoms with van der Waals surface area (Å²) in [4.78, 5) is 34.6. The summed E-state index contributed by atoms with van der Waals surface area (Å²) in [6, 6.07) is 8.69. The van der Waals surface area contributed by atoms with Crippen LogP contribution < -0.4 is 9.47 Å². The maximum atomic E-state index is 13.6. The number of methoxy groups -OCH3 is 1. The zero-order valence-electron chi connectivity index (χ0n) is 23.1. The zero-order valence-corrected chi connectivity index (χ0v) is 23.1. The molecule has 2 amide bonds. The third-order valence-corrected chi connectivity index (χ3v) is 7.34. The van der Waals surface area contributed by atoms with Crippen molar-refractivity contribution in [3.63, 3.8) is 0 Å². The Labute approximate surface area is 230 Å². The highest BCUT2D eigenvalue weighted by molar-refractivity contribution is 5.97. The molecule has 1 fully saturated rings. The number of aliphatic hydroxyl groups is 1. The number of amides is 2. The highest BCUT2D eigenvalue weighted by atomic mass is 16.5. The van der Waals surface area contributed by atoms with E-state index in [1.807, 2.05) is 38.1 Å². The van der Waals surface area contributed by atoms with Crippen LogP contribution in [0.4, 0.5) is 0 Å². The lowest BCUT2D eigenvalue weighted by Crippen LogP contribution is -2.51. The number of nitrogens with zero attached hydrogens (tertiary/aromatic N) is 3. The van der Waals surface area contributed by atoms with Crippen molar-refractivity contribution < 1.29 is 28.9 Å². The lowest BCUT2D eigenvalue weighted by molar-refractivity contribution is -0.138. The van der Waals surface area contributed by atoms with E-state index in [0.717, 1.165) is 5.56 Å². The highest BCUT2D eigenvalue weighted by Crippen LogP contribution is 2.28. The molecule has 0 saturated carbocycles. The van der Waals surface area contributed by atoms with E-state index in [4.69, 9.17) is 14.2 Å². The van der Waals surface area contributed by atoms with Crippen LogP contribution >= 0.6 is 0 Å². The normalized spacial score (nSPS) is 20.4. The predicted octanol–water partition coefficient (Wildman–Crippen LogP) is 2.60. The first-order chi connectivity index (χ1) is 18.8. The Morgan fingerprint density at radius 2 is 2.00 bits per heavy atom. The Bertz CT molecular complexity index is 1230. The van der Waals surface area contributed by atoms with Crippen LogP contribution in [-0.4, -0.2) is 90.9 Å². The molecule has 39 heavy (non-hydrogen) atoms. The predicted molar refractivity (Wildman–Crippen MR) is 146 cm³/mol. The maximum absolute atomic E-state index is 13.6. The minimum atomic E-state index is -0.403. The molecule has 0 unspecified atom stereocenters. The van der Waals surface area contributed by atoms with Gasteiger partial charge in [-0.2, -0.15) is 0 Å². The number of likely N-dealkylation sites (N-methyl/N-ethyl adjacent to an activating group) is 1. The lowest BCUT2D eigenvalue weighted by Gasteiger charge is -2.38. The van der Waals surface area contributed by atoms with Gasteiger partial charge in [0, 0.05) is 56.0 Å². The minimum Gasteiger partial charge on any atom is -0.497 e. The van der Waals surface area contributed by atoms with E-state index >= 15 is 0 Å². The van der Waals surface area contributed by atoms with Gasteiger partial charge in [-0.15, -0.1) is 0 Å². The smallest absolute Gasteiger partial charge is 0.259 e. The first-order valence-electron chi connectivity index (χ1n) is 13.4. The van der Waals surface area contributed by atoms with E-state index < -0.39 is 12.1 Å². The van der Waals surface area contributed by atoms with Crippen LogP contribution in [0.5, 0.6) is 11.6 Å². The largest absolute Gasteiger partial charge is 0.497 e. The van der Waals surface area contributed by atoms with Crippen LogP contribution in [0, 0.1) is 23.7 Å². The van der Waals surface area contributed by atoms with Crippen molar-refractivity contribution in [3.05, 3.63) is 53.2 Å². The van der Waals surface area contributed by atoms with Crippen molar-refractivity contribution in [2.45, 2.75) is 38.8 Å². The van der Waals surface area contributed by atoms with Crippen molar-refractivity contribution in [1.29, 1.82) is 0 Å². The molecule has 2 aromatic rings. The van der Waals surface area contributed by atoms with Gasteiger partial charge in [-0.05, 0) is 44.0 Å². The van der Waals surface area contributed by atoms with Crippen LogP contribution in [0.1, 0.15) is 48.2 Å². The Morgan fingerprint density at radius 1 is 1.26 bits per heavy atom. The van der Waals surface area contributed by atoms with Gasteiger partial charge in [0.1, 0.15) is 17.4 Å². The Balaban J connectivity index is 1.62. The molecule has 1 saturated heterocycles. The molecule has 2 aliphatic rings. The average Bonchev–Trinajstić information content (AvgIpc) is 2.97. The van der Waals surface area contributed by atoms with Gasteiger partial charge in [0.05, 0.1) is 26.3 Å². The number of aliphatic hydroxyl groups excluding tert-OH is 1. The van der Waals surface area contributed by atoms with Crippen molar-refractivity contribution in [2.24, 2.45) is 11.8 Å². The molecule has 3 heterocycles. The number of benzene rings is 1. The van der Waals surface area contributed by atoms with Gasteiger partial charge in [0.25, 0.3) is 5.91 Å². The lowest BCUT2D eigenvalue weighted by atomic mass is 9.97. The van der Waals surface area contributed by atoms with Crippen molar-refractivity contribution >= 4 is 11.8 Å². The molecule has 9 heteroatoms. The van der Waals surface area contributed by atoms with E-state index in [1.165, 1.54) is 0 Å². The van der Waals surface area contributed by atoms with E-state index in [1.54, 1.807) is 36.2 Å². The Hall–Kier alpha value is -3.61. The molecule has 208 valence electrons. The summed E-state index contributed by atoms with van der Waals surface area (Å²) >= 11 is 0. The summed E-state index contributed by atoms with van der Waals surface area (Å²) in [6.07, 6.45) is 2.61. The van der Waals surface area contributed by atoms with Crippen LogP contribution in [0.3, 0.4) is 0 Å². The number of carbonyl (C=O) groups excluding carboxylic acids is 2. The van der Waals surface area contributed by atoms with Crippen LogP contribution in [-0.2, 0) is 9.53 Å². The van der Waals surface area contributed by atoms with Gasteiger partial charge in [-0.3, -0.25) is 9.59 Å². The van der Waals surface area contributed by atoms with Gasteiger partial charge < -0.3 is 29.1 Å². The fraction of sp³-hybridized carbons (Fsp3) is 0.500. The molecule has 1 aromatic carbocycles. The second-order valence-corrected chi connectivity index (χ2v) is 10.3. The van der Waals surface area contributed by atoms with Crippen molar-refractivity contribution in [3.8, 4) is 23.5 Å². The van der Waals surface area contributed by atoms with Crippen LogP contribution in [0.2, 0.25) is 0 Å². The standard InChI is InChI=1S/C30H37N3O6/c1-20-17-33(21(2)19-34)30(36)26-15-23(9-8-22-6-5-7-25(14-22)37-4)16-31-28(26)39-27(20)18-32(3)29(35)24-10-12-38-13-11-24/h5-7,14-16,20-21,24,27,34H,10-13,17-19H2,1-4H3/t20-,21+,27+/m0/s1. The molecular weight excluding hydrogens is 498 g/mol. The third kappa shape index (κ3) is 6.88. The highest BCUT2D eigenvalue weighted by Gasteiger charge is 2.35. The first kappa shape index (κ1) is 28.4. The molecule has 1 aromatic heterocycles. The molecule has 3 atom stereocenters. The molecular formula is C30H37N3O6. The summed E-state index contributed by atoms with van der Waals surface area (Å²) in [5, 5.41) is 9.90. The van der Waals surface area contributed by atoms with Gasteiger partial charge in [0.2, 0.25) is 11.8 Å². The van der Waals surface area contributed by atoms with E-state index in [2.05, 4.69) is 16.8 Å². The summed E-state index contributed by atoms with van der Waals surface area (Å²) in [5.74, 6) is 6.69. The summed E-state index contributed by atoms with van der Waals surface area (Å²) in [6.45, 7) is 5.52. The molecule has 2 aliphatic heterocycles. The number of hydrogen-bond donors (Lipinski definition) is 1. The quantitative estimate of drug-likeness (QED) is 0.568. The molecule has 1 N–H and O–H groups in total. The summed E-state index contributed by atoms with van der Waals surface area (Å²) in [7, 11) is 3.39. The Morgan fingerprint density at radius 3 is 2.72 bits per heavy atom. The number of ether oxygens (including phenoxy) is 3. The first-order valence-corrected chi connectivity index (χ1v) is 13.4. The number of fused-ring (bicyclic) bond motifs is 1. The van der Waals surface area contributed by atoms with Gasteiger partial charge >= 0.3 is 0 Å². The Kier molecular flexibility index (Phi) is 9.44. The molecule has 0 radical (unpaired) electrons.